The first kappa shape index (κ1) is 67.2. The van der Waals surface area contributed by atoms with E-state index in [1.807, 2.05) is 23.5 Å². The Hall–Kier alpha value is -15.3. The van der Waals surface area contributed by atoms with Crippen LogP contribution in [0.2, 0.25) is 0 Å². The van der Waals surface area contributed by atoms with Gasteiger partial charge < -0.3 is 22.7 Å². The third-order valence-electron chi connectivity index (χ3n) is 24.4. The lowest BCUT2D eigenvalue weighted by Gasteiger charge is -2.11. The smallest absolute Gasteiger partial charge is 0.143 e. The molecule has 25 aromatic rings. The molecule has 19 aromatic carbocycles. The molecule has 6 heteroatoms. The molecule has 0 saturated heterocycles. The third-order valence-corrected chi connectivity index (χ3v) is 25.6. The fourth-order valence-corrected chi connectivity index (χ4v) is 20.0. The van der Waals surface area contributed by atoms with Crippen molar-refractivity contribution in [3.63, 3.8) is 0 Å². The number of nitrogens with zero attached hydrogens (tertiary/aromatic N) is 4. The van der Waals surface area contributed by atoms with E-state index in [1.165, 1.54) is 185 Å². The molecule has 0 radical (unpaired) electrons. The van der Waals surface area contributed by atoms with Gasteiger partial charge in [-0.25, -0.2) is 0 Å². The SMILES string of the molecule is c1cc(-c2ccc3c(c2)c2ccccc2n3-c2ccc3ccccc3c2)cc(-c2ccc3c(c2)c2ccccc2n3-c2ccc3sc4ccccc4c3c2)c1.c1ccc(-c2cccc(-n3c4ccccc4c4cc(-c5cccc(-c6ccc7c(c6)c6ccccc6n7-c6ccc(-c7cccc8c7oc7ccccc78)cc6)c5)ccc43)c2)cc1. The Labute approximate surface area is 683 Å². The fourth-order valence-electron chi connectivity index (χ4n) is 18.9. The Bertz CT molecular complexity index is 8390. The van der Waals surface area contributed by atoms with Crippen molar-refractivity contribution >= 4 is 151 Å². The maximum absolute atomic E-state index is 6.39. The summed E-state index contributed by atoms with van der Waals surface area (Å²) in [7, 11) is 0. The molecule has 25 rings (SSSR count). The molecule has 0 N–H and O–H groups in total. The van der Waals surface area contributed by atoms with Crippen LogP contribution in [-0.4, -0.2) is 18.3 Å². The average molecular weight is 1520 g/mol. The van der Waals surface area contributed by atoms with E-state index in [9.17, 15) is 0 Å². The topological polar surface area (TPSA) is 32.9 Å². The zero-order valence-corrected chi connectivity index (χ0v) is 64.8. The summed E-state index contributed by atoms with van der Waals surface area (Å²) in [5.74, 6) is 0. The highest BCUT2D eigenvalue weighted by atomic mass is 32.1. The van der Waals surface area contributed by atoms with E-state index in [0.29, 0.717) is 0 Å². The second-order valence-corrected chi connectivity index (χ2v) is 32.1. The van der Waals surface area contributed by atoms with Crippen molar-refractivity contribution in [1.29, 1.82) is 0 Å². The molecule has 0 fully saturated rings. The molecule has 0 spiro atoms. The van der Waals surface area contributed by atoms with Gasteiger partial charge in [-0.2, -0.15) is 0 Å². The number of hydrogen-bond acceptors (Lipinski definition) is 2. The Kier molecular flexibility index (Phi) is 15.5. The van der Waals surface area contributed by atoms with Gasteiger partial charge in [-0.05, 0) is 224 Å². The van der Waals surface area contributed by atoms with Gasteiger partial charge in [-0.1, -0.05) is 273 Å². The molecular weight excluding hydrogens is 1450 g/mol. The Morgan fingerprint density at radius 2 is 0.525 bits per heavy atom. The summed E-state index contributed by atoms with van der Waals surface area (Å²) in [5.41, 5.74) is 30.4. The number of rotatable bonds is 10. The fraction of sp³-hybridized carbons (Fsp3) is 0. The predicted molar refractivity (Wildman–Crippen MR) is 501 cm³/mol. The van der Waals surface area contributed by atoms with Gasteiger partial charge in [0.25, 0.3) is 0 Å². The summed E-state index contributed by atoms with van der Waals surface area (Å²) < 4.78 is 18.7. The second-order valence-electron chi connectivity index (χ2n) is 31.1. The molecule has 0 bridgehead atoms. The number of thiophene rings is 1. The second kappa shape index (κ2) is 27.2. The molecule has 0 amide bonds. The summed E-state index contributed by atoms with van der Waals surface area (Å²) >= 11 is 1.86. The minimum atomic E-state index is 0.913. The zero-order valence-electron chi connectivity index (χ0n) is 64.0. The van der Waals surface area contributed by atoms with Gasteiger partial charge in [0.15, 0.2) is 0 Å². The van der Waals surface area contributed by atoms with E-state index in [4.69, 9.17) is 4.42 Å². The molecule has 6 heterocycles. The van der Waals surface area contributed by atoms with Gasteiger partial charge in [-0.3, -0.25) is 0 Å². The first-order valence-corrected chi connectivity index (χ1v) is 41.2. The largest absolute Gasteiger partial charge is 0.455 e. The summed E-state index contributed by atoms with van der Waals surface area (Å²) in [6, 6.07) is 155. The first-order valence-electron chi connectivity index (χ1n) is 40.4. The number of aromatic nitrogens is 4. The van der Waals surface area contributed by atoms with E-state index >= 15 is 0 Å². The summed E-state index contributed by atoms with van der Waals surface area (Å²) in [4.78, 5) is 0. The molecule has 0 aliphatic carbocycles. The maximum atomic E-state index is 6.39. The summed E-state index contributed by atoms with van der Waals surface area (Å²) in [6.07, 6.45) is 0. The third kappa shape index (κ3) is 11.0. The van der Waals surface area contributed by atoms with Crippen LogP contribution < -0.4 is 0 Å². The average Bonchev–Trinajstić information content (AvgIpc) is 1.60. The number of para-hydroxylation sites is 6. The van der Waals surface area contributed by atoms with Crippen LogP contribution in [0.1, 0.15) is 0 Å². The minimum Gasteiger partial charge on any atom is -0.455 e. The number of fused-ring (bicyclic) bond motifs is 19. The Morgan fingerprint density at radius 3 is 1.07 bits per heavy atom. The van der Waals surface area contributed by atoms with Crippen LogP contribution in [0.25, 0.3) is 230 Å². The molecule has 550 valence electrons. The van der Waals surface area contributed by atoms with E-state index in [1.54, 1.807) is 0 Å². The van der Waals surface area contributed by atoms with Crippen LogP contribution in [0, 0.1) is 0 Å². The van der Waals surface area contributed by atoms with Gasteiger partial charge >= 0.3 is 0 Å². The van der Waals surface area contributed by atoms with Crippen molar-refractivity contribution in [2.45, 2.75) is 0 Å². The van der Waals surface area contributed by atoms with Crippen molar-refractivity contribution < 1.29 is 4.42 Å². The van der Waals surface area contributed by atoms with Crippen molar-refractivity contribution in [1.82, 2.24) is 18.3 Å². The minimum absolute atomic E-state index is 0.913. The van der Waals surface area contributed by atoms with Crippen molar-refractivity contribution in [2.24, 2.45) is 0 Å². The van der Waals surface area contributed by atoms with E-state index in [-0.39, 0.29) is 0 Å². The van der Waals surface area contributed by atoms with Gasteiger partial charge in [0.2, 0.25) is 0 Å². The quantitative estimate of drug-likeness (QED) is 0.134. The molecule has 0 aliphatic heterocycles. The lowest BCUT2D eigenvalue weighted by molar-refractivity contribution is 0.670. The van der Waals surface area contributed by atoms with Gasteiger partial charge in [0, 0.05) is 102 Å². The van der Waals surface area contributed by atoms with E-state index in [2.05, 4.69) is 431 Å². The highest BCUT2D eigenvalue weighted by molar-refractivity contribution is 7.25. The molecule has 0 atom stereocenters. The normalized spacial score (nSPS) is 11.9. The first-order chi connectivity index (χ1) is 58.5. The Morgan fingerprint density at radius 1 is 0.169 bits per heavy atom. The molecule has 0 aliphatic rings. The van der Waals surface area contributed by atoms with Gasteiger partial charge in [0.05, 0.1) is 44.1 Å². The molecule has 0 unspecified atom stereocenters. The molecular formula is C112H70N4OS. The van der Waals surface area contributed by atoms with Crippen LogP contribution >= 0.6 is 11.3 Å². The van der Waals surface area contributed by atoms with Crippen LogP contribution in [0.4, 0.5) is 0 Å². The summed E-state index contributed by atoms with van der Waals surface area (Å²) in [5, 5.41) is 17.4. The summed E-state index contributed by atoms with van der Waals surface area (Å²) in [6.45, 7) is 0. The zero-order chi connectivity index (χ0) is 77.5. The van der Waals surface area contributed by atoms with Crippen molar-refractivity contribution in [2.75, 3.05) is 0 Å². The van der Waals surface area contributed by atoms with Crippen LogP contribution in [0.15, 0.2) is 429 Å². The maximum Gasteiger partial charge on any atom is 0.143 e. The molecule has 0 saturated carbocycles. The molecule has 5 nitrogen and oxygen atoms in total. The molecule has 118 heavy (non-hydrogen) atoms. The van der Waals surface area contributed by atoms with Crippen molar-refractivity contribution in [3.8, 4) is 89.5 Å². The van der Waals surface area contributed by atoms with Gasteiger partial charge in [0.1, 0.15) is 11.2 Å². The van der Waals surface area contributed by atoms with Crippen LogP contribution in [0.3, 0.4) is 0 Å². The van der Waals surface area contributed by atoms with E-state index in [0.717, 1.165) is 44.4 Å². The monoisotopic (exact) mass is 1520 g/mol. The molecule has 6 aromatic heterocycles. The van der Waals surface area contributed by atoms with Crippen molar-refractivity contribution in [3.05, 3.63) is 425 Å². The van der Waals surface area contributed by atoms with E-state index < -0.39 is 0 Å². The highest BCUT2D eigenvalue weighted by Gasteiger charge is 2.22. The van der Waals surface area contributed by atoms with Crippen LogP contribution in [-0.2, 0) is 0 Å². The highest BCUT2D eigenvalue weighted by Crippen LogP contribution is 2.45. The van der Waals surface area contributed by atoms with Gasteiger partial charge in [-0.15, -0.1) is 11.3 Å². The number of benzene rings is 19. The Balaban J connectivity index is 0.000000136. The predicted octanol–water partition coefficient (Wildman–Crippen LogP) is 31.2. The lowest BCUT2D eigenvalue weighted by atomic mass is 9.97. The van der Waals surface area contributed by atoms with Crippen LogP contribution in [0.5, 0.6) is 0 Å². The number of hydrogen-bond donors (Lipinski definition) is 0. The number of furan rings is 1. The standard InChI is InChI=1S/C60H38N2O.C52H32N2S/c1-2-13-39(14-3-1)43-17-11-18-47(36-43)62-56-25-8-5-20-50(56)54-38-45(30-34-58(54)62)42-16-10-15-41(35-42)44-29-33-57-53(37-44)49-19-4-7-24-55(49)61(57)46-31-27-40(28-32-46)48-22-12-23-52-51-21-6-9-26-59(51)63-60(48)52;1-2-11-36-29-39(23-20-33(36)10-1)53-47-17-6-3-14-41(47)44-30-37(21-25-49(44)53)34-12-9-13-35(28-34)38-22-26-50-45(31-38)42-15-4-7-18-48(42)54(50)40-24-27-52-46(32-40)43-16-5-8-19-51(43)55-52/h1-38H;1-32H. The lowest BCUT2D eigenvalue weighted by Crippen LogP contribution is -1.94.